The van der Waals surface area contributed by atoms with Gasteiger partial charge in [0.2, 0.25) is 5.91 Å². The Balaban J connectivity index is 2.22. The van der Waals surface area contributed by atoms with E-state index >= 15 is 0 Å². The Labute approximate surface area is 88.6 Å². The van der Waals surface area contributed by atoms with Crippen molar-refractivity contribution in [1.29, 1.82) is 0 Å². The molecule has 0 aromatic rings. The number of alkyl halides is 1. The fraction of sp³-hybridized carbons (Fsp3) is 0.900. The minimum Gasteiger partial charge on any atom is -0.353 e. The summed E-state index contributed by atoms with van der Waals surface area (Å²) in [6.45, 7) is 2.13. The molecule has 0 aliphatic heterocycles. The van der Waals surface area contributed by atoms with Crippen LogP contribution >= 0.6 is 15.9 Å². The van der Waals surface area contributed by atoms with Gasteiger partial charge in [0.25, 0.3) is 0 Å². The minimum atomic E-state index is 0.177. The van der Waals surface area contributed by atoms with Crippen molar-refractivity contribution in [3.63, 3.8) is 0 Å². The lowest BCUT2D eigenvalue weighted by molar-refractivity contribution is -0.121. The molecule has 0 heterocycles. The van der Waals surface area contributed by atoms with Gasteiger partial charge in [-0.15, -0.1) is 0 Å². The number of nitrogens with one attached hydrogen (secondary N) is 1. The average Bonchev–Trinajstić information content (AvgIpc) is 2.55. The molecule has 13 heavy (non-hydrogen) atoms. The molecular weight excluding hydrogens is 230 g/mol. The maximum Gasteiger partial charge on any atom is 0.221 e. The number of hydrogen-bond donors (Lipinski definition) is 1. The van der Waals surface area contributed by atoms with Crippen LogP contribution in [-0.2, 0) is 4.79 Å². The van der Waals surface area contributed by atoms with E-state index in [0.29, 0.717) is 12.5 Å². The maximum absolute atomic E-state index is 11.3. The highest BCUT2D eigenvalue weighted by Gasteiger charge is 2.22. The zero-order valence-corrected chi connectivity index (χ0v) is 9.77. The van der Waals surface area contributed by atoms with E-state index in [2.05, 4.69) is 28.2 Å². The average molecular weight is 248 g/mol. The zero-order valence-electron chi connectivity index (χ0n) is 8.18. The molecule has 1 atom stereocenters. The van der Waals surface area contributed by atoms with Gasteiger partial charge in [0.15, 0.2) is 0 Å². The Bertz CT molecular complexity index is 166. The zero-order chi connectivity index (χ0) is 9.68. The molecule has 0 saturated heterocycles. The first-order valence-electron chi connectivity index (χ1n) is 5.09. The maximum atomic E-state index is 11.3. The Morgan fingerprint density at radius 3 is 2.69 bits per heavy atom. The van der Waals surface area contributed by atoms with E-state index < -0.39 is 0 Å². The second kappa shape index (κ2) is 5.63. The number of hydrogen-bond acceptors (Lipinski definition) is 1. The lowest BCUT2D eigenvalue weighted by Gasteiger charge is -2.19. The Morgan fingerprint density at radius 2 is 2.15 bits per heavy atom. The summed E-state index contributed by atoms with van der Waals surface area (Å²) in [6, 6.07) is 0.369. The van der Waals surface area contributed by atoms with Crippen LogP contribution in [0.5, 0.6) is 0 Å². The van der Waals surface area contributed by atoms with Gasteiger partial charge in [-0.25, -0.2) is 0 Å². The number of halogens is 1. The molecule has 0 aromatic heterocycles. The molecule has 3 heteroatoms. The lowest BCUT2D eigenvalue weighted by atomic mass is 10.00. The Morgan fingerprint density at radius 1 is 1.54 bits per heavy atom. The van der Waals surface area contributed by atoms with Gasteiger partial charge in [-0.2, -0.15) is 0 Å². The van der Waals surface area contributed by atoms with Gasteiger partial charge in [-0.05, 0) is 25.7 Å². The quantitative estimate of drug-likeness (QED) is 0.761. The van der Waals surface area contributed by atoms with E-state index in [1.165, 1.54) is 25.7 Å². The van der Waals surface area contributed by atoms with Crippen LogP contribution in [0.3, 0.4) is 0 Å². The Kier molecular flexibility index (Phi) is 4.78. The van der Waals surface area contributed by atoms with Crippen LogP contribution in [0.1, 0.15) is 39.0 Å². The van der Waals surface area contributed by atoms with Crippen molar-refractivity contribution in [3.8, 4) is 0 Å². The molecule has 1 rings (SSSR count). The summed E-state index contributed by atoms with van der Waals surface area (Å²) in [5, 5.41) is 3.81. The standard InChI is InChI=1S/C10H18BrNO/c1-8(9-4-2-3-5-9)12-10(13)6-7-11/h8-9H,2-7H2,1H3,(H,12,13). The summed E-state index contributed by atoms with van der Waals surface area (Å²) in [5.41, 5.74) is 0. The summed E-state index contributed by atoms with van der Waals surface area (Å²) in [6.07, 6.45) is 5.84. The van der Waals surface area contributed by atoms with Gasteiger partial charge >= 0.3 is 0 Å². The van der Waals surface area contributed by atoms with Gasteiger partial charge in [-0.1, -0.05) is 28.8 Å². The SMILES string of the molecule is CC(NC(=O)CCBr)C1CCCC1. The molecule has 1 unspecified atom stereocenters. The molecule has 1 N–H and O–H groups in total. The van der Waals surface area contributed by atoms with Crippen molar-refractivity contribution in [3.05, 3.63) is 0 Å². The number of carbonyl (C=O) groups is 1. The van der Waals surface area contributed by atoms with E-state index in [-0.39, 0.29) is 5.91 Å². The normalized spacial score (nSPS) is 20.2. The van der Waals surface area contributed by atoms with Gasteiger partial charge < -0.3 is 5.32 Å². The summed E-state index contributed by atoms with van der Waals surface area (Å²) >= 11 is 3.26. The summed E-state index contributed by atoms with van der Waals surface area (Å²) < 4.78 is 0. The number of carbonyl (C=O) groups excluding carboxylic acids is 1. The van der Waals surface area contributed by atoms with E-state index in [0.717, 1.165) is 11.2 Å². The molecule has 0 spiro atoms. The molecule has 1 saturated carbocycles. The number of rotatable bonds is 4. The van der Waals surface area contributed by atoms with E-state index in [9.17, 15) is 4.79 Å². The fourth-order valence-electron chi connectivity index (χ4n) is 1.99. The third-order valence-electron chi connectivity index (χ3n) is 2.82. The lowest BCUT2D eigenvalue weighted by Crippen LogP contribution is -2.37. The van der Waals surface area contributed by atoms with Crippen LogP contribution in [0.2, 0.25) is 0 Å². The van der Waals surface area contributed by atoms with Crippen molar-refractivity contribution in [2.45, 2.75) is 45.1 Å². The number of amides is 1. The molecule has 2 nitrogen and oxygen atoms in total. The second-order valence-electron chi connectivity index (χ2n) is 3.84. The first-order chi connectivity index (χ1) is 6.24. The Hall–Kier alpha value is -0.0500. The largest absolute Gasteiger partial charge is 0.353 e. The minimum absolute atomic E-state index is 0.177. The van der Waals surface area contributed by atoms with Gasteiger partial charge in [-0.3, -0.25) is 4.79 Å². The van der Waals surface area contributed by atoms with Crippen LogP contribution in [0.4, 0.5) is 0 Å². The summed E-state index contributed by atoms with van der Waals surface area (Å²) in [4.78, 5) is 11.3. The highest BCUT2D eigenvalue weighted by molar-refractivity contribution is 9.09. The molecule has 1 aliphatic carbocycles. The van der Waals surface area contributed by atoms with Crippen LogP contribution in [-0.4, -0.2) is 17.3 Å². The van der Waals surface area contributed by atoms with Crippen molar-refractivity contribution < 1.29 is 4.79 Å². The molecule has 0 radical (unpaired) electrons. The first-order valence-corrected chi connectivity index (χ1v) is 6.21. The molecule has 1 amide bonds. The third kappa shape index (κ3) is 3.67. The van der Waals surface area contributed by atoms with E-state index in [1.54, 1.807) is 0 Å². The topological polar surface area (TPSA) is 29.1 Å². The van der Waals surface area contributed by atoms with Crippen LogP contribution in [0.25, 0.3) is 0 Å². The smallest absolute Gasteiger partial charge is 0.221 e. The third-order valence-corrected chi connectivity index (χ3v) is 3.21. The monoisotopic (exact) mass is 247 g/mol. The highest BCUT2D eigenvalue weighted by Crippen LogP contribution is 2.27. The van der Waals surface area contributed by atoms with Crippen LogP contribution < -0.4 is 5.32 Å². The summed E-state index contributed by atoms with van der Waals surface area (Å²) in [7, 11) is 0. The molecule has 0 bridgehead atoms. The van der Waals surface area contributed by atoms with Crippen molar-refractivity contribution in [2.24, 2.45) is 5.92 Å². The van der Waals surface area contributed by atoms with Crippen molar-refractivity contribution in [2.75, 3.05) is 5.33 Å². The molecular formula is C10H18BrNO. The van der Waals surface area contributed by atoms with Crippen molar-refractivity contribution >= 4 is 21.8 Å². The second-order valence-corrected chi connectivity index (χ2v) is 4.63. The van der Waals surface area contributed by atoms with Crippen molar-refractivity contribution in [1.82, 2.24) is 5.32 Å². The first kappa shape index (κ1) is 11.0. The predicted octanol–water partition coefficient (Wildman–Crippen LogP) is 2.47. The van der Waals surface area contributed by atoms with Crippen LogP contribution in [0, 0.1) is 5.92 Å². The molecule has 0 aromatic carbocycles. The predicted molar refractivity (Wildman–Crippen MR) is 58.0 cm³/mol. The molecule has 1 fully saturated rings. The highest BCUT2D eigenvalue weighted by atomic mass is 79.9. The van der Waals surface area contributed by atoms with Gasteiger partial charge in [0.1, 0.15) is 0 Å². The summed E-state index contributed by atoms with van der Waals surface area (Å²) in [5.74, 6) is 0.899. The van der Waals surface area contributed by atoms with E-state index in [1.807, 2.05) is 0 Å². The molecule has 1 aliphatic rings. The fourth-order valence-corrected chi connectivity index (χ4v) is 2.35. The van der Waals surface area contributed by atoms with E-state index in [4.69, 9.17) is 0 Å². The van der Waals surface area contributed by atoms with Gasteiger partial charge in [0.05, 0.1) is 0 Å². The van der Waals surface area contributed by atoms with Gasteiger partial charge in [0, 0.05) is 17.8 Å². The van der Waals surface area contributed by atoms with Crippen LogP contribution in [0.15, 0.2) is 0 Å². The molecule has 76 valence electrons.